The van der Waals surface area contributed by atoms with Gasteiger partial charge in [-0.1, -0.05) is 19.1 Å². The number of benzene rings is 2. The minimum Gasteiger partial charge on any atom is -0.497 e. The molecule has 166 valence electrons. The Morgan fingerprint density at radius 3 is 2.50 bits per heavy atom. The highest BCUT2D eigenvalue weighted by molar-refractivity contribution is 5.98. The quantitative estimate of drug-likeness (QED) is 0.393. The van der Waals surface area contributed by atoms with Gasteiger partial charge in [0.05, 0.1) is 43.9 Å². The Balaban J connectivity index is 1.95. The second-order valence-corrected chi connectivity index (χ2v) is 7.33. The number of aryl methyl sites for hydroxylation is 1. The Morgan fingerprint density at radius 1 is 1.06 bits per heavy atom. The van der Waals surface area contributed by atoms with Gasteiger partial charge >= 0.3 is 5.69 Å². The highest BCUT2D eigenvalue weighted by atomic mass is 16.5. The van der Waals surface area contributed by atoms with Crippen molar-refractivity contribution in [3.05, 3.63) is 58.3 Å². The zero-order valence-corrected chi connectivity index (χ0v) is 18.5. The van der Waals surface area contributed by atoms with E-state index in [0.717, 1.165) is 6.42 Å². The molecule has 0 bridgehead atoms. The molecule has 2 aromatic heterocycles. The fourth-order valence-corrected chi connectivity index (χ4v) is 3.74. The molecule has 9 heteroatoms. The molecule has 0 aliphatic heterocycles. The standard InChI is InChI=1S/C23H24N4O5/c1-5-7-21-24-22-16-11-19(31-3)20(32-4)12-17(16)26(23(29)27(22)25-21)13-18(28)14-8-6-9-15(10-14)30-2/h6,8-12H,5,7,13H2,1-4H3/p+1. The summed E-state index contributed by atoms with van der Waals surface area (Å²) in [6, 6.07) is 10.3. The summed E-state index contributed by atoms with van der Waals surface area (Å²) in [7, 11) is 4.61. The number of rotatable bonds is 8. The lowest BCUT2D eigenvalue weighted by atomic mass is 10.1. The number of methoxy groups -OCH3 is 3. The van der Waals surface area contributed by atoms with Crippen molar-refractivity contribution in [2.75, 3.05) is 21.3 Å². The fraction of sp³-hybridized carbons (Fsp3) is 0.304. The van der Waals surface area contributed by atoms with Crippen LogP contribution in [0.1, 0.15) is 29.5 Å². The van der Waals surface area contributed by atoms with E-state index in [4.69, 9.17) is 14.2 Å². The average molecular weight is 437 g/mol. The third kappa shape index (κ3) is 3.66. The monoisotopic (exact) mass is 437 g/mol. The Morgan fingerprint density at radius 2 is 1.81 bits per heavy atom. The summed E-state index contributed by atoms with van der Waals surface area (Å²) in [4.78, 5) is 29.7. The Bertz CT molecular complexity index is 1370. The molecular formula is C23H25N4O5+. The van der Waals surface area contributed by atoms with Crippen LogP contribution in [0.2, 0.25) is 0 Å². The first kappa shape index (κ1) is 21.4. The van der Waals surface area contributed by atoms with Crippen molar-refractivity contribution >= 4 is 22.3 Å². The van der Waals surface area contributed by atoms with E-state index in [0.29, 0.717) is 51.6 Å². The van der Waals surface area contributed by atoms with Crippen LogP contribution in [0.25, 0.3) is 16.6 Å². The number of nitrogens with zero attached hydrogens (tertiary/aromatic N) is 3. The van der Waals surface area contributed by atoms with Crippen molar-refractivity contribution in [3.63, 3.8) is 0 Å². The van der Waals surface area contributed by atoms with Crippen molar-refractivity contribution in [2.45, 2.75) is 26.3 Å². The highest BCUT2D eigenvalue weighted by Crippen LogP contribution is 2.32. The van der Waals surface area contributed by atoms with Crippen LogP contribution in [0.15, 0.2) is 41.2 Å². The number of carbonyl (C=O) groups excluding carboxylic acids is 1. The van der Waals surface area contributed by atoms with Gasteiger partial charge in [0.2, 0.25) is 0 Å². The summed E-state index contributed by atoms with van der Waals surface area (Å²) in [6.45, 7) is 1.87. The summed E-state index contributed by atoms with van der Waals surface area (Å²) in [5, 5.41) is 5.13. The number of ether oxygens (including phenoxy) is 3. The maximum Gasteiger partial charge on any atom is 0.423 e. The lowest BCUT2D eigenvalue weighted by molar-refractivity contribution is -0.358. The van der Waals surface area contributed by atoms with Crippen LogP contribution in [-0.4, -0.2) is 41.3 Å². The lowest BCUT2D eigenvalue weighted by Crippen LogP contribution is -2.31. The molecule has 4 rings (SSSR count). The summed E-state index contributed by atoms with van der Waals surface area (Å²) >= 11 is 0. The van der Waals surface area contributed by atoms with Crippen molar-refractivity contribution < 1.29 is 24.0 Å². The van der Waals surface area contributed by atoms with Crippen LogP contribution in [0.3, 0.4) is 0 Å². The third-order valence-electron chi connectivity index (χ3n) is 5.34. The Kier molecular flexibility index (Phi) is 5.81. The third-order valence-corrected chi connectivity index (χ3v) is 5.34. The number of fused-ring (bicyclic) bond motifs is 3. The van der Waals surface area contributed by atoms with Crippen LogP contribution in [0.5, 0.6) is 17.2 Å². The normalized spacial score (nSPS) is 11.1. The van der Waals surface area contributed by atoms with Gasteiger partial charge in [-0.15, -0.1) is 0 Å². The van der Waals surface area contributed by atoms with Gasteiger partial charge in [0, 0.05) is 24.1 Å². The molecule has 0 spiro atoms. The second kappa shape index (κ2) is 8.70. The topological polar surface area (TPSA) is 98.2 Å². The molecule has 0 radical (unpaired) electrons. The number of hydrogen-bond acceptors (Lipinski definition) is 6. The first-order chi connectivity index (χ1) is 15.5. The molecule has 32 heavy (non-hydrogen) atoms. The van der Waals surface area contributed by atoms with Crippen molar-refractivity contribution in [3.8, 4) is 17.2 Å². The van der Waals surface area contributed by atoms with Gasteiger partial charge in [-0.25, -0.2) is 9.78 Å². The smallest absolute Gasteiger partial charge is 0.423 e. The zero-order valence-electron chi connectivity index (χ0n) is 18.5. The highest BCUT2D eigenvalue weighted by Gasteiger charge is 2.24. The van der Waals surface area contributed by atoms with E-state index in [2.05, 4.69) is 10.1 Å². The molecule has 0 fully saturated rings. The van der Waals surface area contributed by atoms with Gasteiger partial charge in [0.1, 0.15) is 5.75 Å². The predicted octanol–water partition coefficient (Wildman–Crippen LogP) is 2.32. The van der Waals surface area contributed by atoms with Gasteiger partial charge in [-0.05, 0) is 23.1 Å². The summed E-state index contributed by atoms with van der Waals surface area (Å²) < 4.78 is 18.8. The first-order valence-corrected chi connectivity index (χ1v) is 10.3. The predicted molar refractivity (Wildman–Crippen MR) is 118 cm³/mol. The van der Waals surface area contributed by atoms with Crippen LogP contribution in [-0.2, 0) is 13.0 Å². The molecule has 2 aromatic carbocycles. The fourth-order valence-electron chi connectivity index (χ4n) is 3.74. The van der Waals surface area contributed by atoms with Crippen LogP contribution in [0, 0.1) is 0 Å². The number of carbonyl (C=O) groups is 1. The number of Topliss-reactive ketones (excluding diaryl/α,β-unsaturated/α-hetero) is 1. The summed E-state index contributed by atoms with van der Waals surface area (Å²) in [5.41, 5.74) is 1.10. The SMILES string of the molecule is CCCc1nn2c(=O)n(CC(=O)c3cccc(OC)c3)c3cc(OC)c(OC)cc3c2[nH+]1. The first-order valence-electron chi connectivity index (χ1n) is 10.3. The van der Waals surface area contributed by atoms with Crippen LogP contribution >= 0.6 is 0 Å². The maximum absolute atomic E-state index is 13.4. The Labute approximate surface area is 184 Å². The molecule has 0 aliphatic carbocycles. The van der Waals surface area contributed by atoms with E-state index in [-0.39, 0.29) is 12.3 Å². The number of hydrogen-bond donors (Lipinski definition) is 0. The Hall–Kier alpha value is -3.88. The van der Waals surface area contributed by atoms with E-state index >= 15 is 0 Å². The summed E-state index contributed by atoms with van der Waals surface area (Å²) in [6.07, 6.45) is 1.57. The van der Waals surface area contributed by atoms with Crippen molar-refractivity contribution in [2.24, 2.45) is 0 Å². The molecule has 0 atom stereocenters. The van der Waals surface area contributed by atoms with E-state index in [1.807, 2.05) is 6.92 Å². The average Bonchev–Trinajstić information content (AvgIpc) is 3.25. The van der Waals surface area contributed by atoms with Crippen molar-refractivity contribution in [1.82, 2.24) is 14.2 Å². The molecule has 2 heterocycles. The molecule has 4 aromatic rings. The van der Waals surface area contributed by atoms with Gasteiger partial charge in [0.15, 0.2) is 17.3 Å². The maximum atomic E-state index is 13.4. The number of aromatic amines is 1. The molecule has 1 N–H and O–H groups in total. The van der Waals surface area contributed by atoms with E-state index in [1.165, 1.54) is 23.3 Å². The number of H-pyrrole nitrogens is 1. The van der Waals surface area contributed by atoms with Gasteiger partial charge in [-0.2, -0.15) is 0 Å². The van der Waals surface area contributed by atoms with Crippen LogP contribution < -0.4 is 24.9 Å². The van der Waals surface area contributed by atoms with Gasteiger partial charge in [-0.3, -0.25) is 9.36 Å². The largest absolute Gasteiger partial charge is 0.497 e. The lowest BCUT2D eigenvalue weighted by Gasteiger charge is -2.12. The molecule has 9 nitrogen and oxygen atoms in total. The van der Waals surface area contributed by atoms with E-state index < -0.39 is 5.69 Å². The number of nitrogens with one attached hydrogen (secondary N) is 1. The molecule has 0 unspecified atom stereocenters. The minimum atomic E-state index is -0.422. The van der Waals surface area contributed by atoms with Crippen molar-refractivity contribution in [1.29, 1.82) is 0 Å². The van der Waals surface area contributed by atoms with E-state index in [9.17, 15) is 9.59 Å². The molecule has 0 amide bonds. The minimum absolute atomic E-state index is 0.170. The van der Waals surface area contributed by atoms with Gasteiger partial charge < -0.3 is 14.2 Å². The zero-order chi connectivity index (χ0) is 22.8. The molecular weight excluding hydrogens is 412 g/mol. The number of aromatic nitrogens is 4. The molecule has 0 saturated carbocycles. The van der Waals surface area contributed by atoms with E-state index in [1.54, 1.807) is 43.5 Å². The molecule has 0 saturated heterocycles. The molecule has 0 aliphatic rings. The van der Waals surface area contributed by atoms with Gasteiger partial charge in [0.25, 0.3) is 11.5 Å². The van der Waals surface area contributed by atoms with Crippen LogP contribution in [0.4, 0.5) is 0 Å². The second-order valence-electron chi connectivity index (χ2n) is 7.33. The summed E-state index contributed by atoms with van der Waals surface area (Å²) in [5.74, 6) is 2.00. The number of ketones is 1.